The molecule has 2 radical (unpaired) electrons. The summed E-state index contributed by atoms with van der Waals surface area (Å²) in [5.74, 6) is 0. The van der Waals surface area contributed by atoms with Crippen molar-refractivity contribution in [3.05, 3.63) is 89.2 Å². The molecule has 2 aromatic rings. The third-order valence-corrected chi connectivity index (χ3v) is 3.63. The SMILES string of the molecule is Clc1ccc(C(=C2[CH]CC[CH]2)c2ccccc2)cc1. The van der Waals surface area contributed by atoms with Crippen molar-refractivity contribution in [2.75, 3.05) is 0 Å². The van der Waals surface area contributed by atoms with Crippen LogP contribution >= 0.6 is 11.6 Å². The summed E-state index contributed by atoms with van der Waals surface area (Å²) in [6, 6.07) is 18.6. The standard InChI is InChI=1S/C18H15Cl/c19-17-12-10-16(11-13-17)18(15-8-4-5-9-15)14-6-2-1-3-7-14/h1-3,6-13H,4-5H2. The molecular weight excluding hydrogens is 252 g/mol. The van der Waals surface area contributed by atoms with E-state index in [0.717, 1.165) is 17.9 Å². The van der Waals surface area contributed by atoms with Crippen LogP contribution in [-0.2, 0) is 0 Å². The van der Waals surface area contributed by atoms with E-state index in [9.17, 15) is 0 Å². The van der Waals surface area contributed by atoms with Crippen molar-refractivity contribution in [2.45, 2.75) is 12.8 Å². The minimum absolute atomic E-state index is 0.778. The van der Waals surface area contributed by atoms with Crippen LogP contribution < -0.4 is 0 Å². The fraction of sp³-hybridized carbons (Fsp3) is 0.111. The van der Waals surface area contributed by atoms with Crippen molar-refractivity contribution in [3.8, 4) is 0 Å². The summed E-state index contributed by atoms with van der Waals surface area (Å²) in [5.41, 5.74) is 5.12. The lowest BCUT2D eigenvalue weighted by molar-refractivity contribution is 1.05. The van der Waals surface area contributed by atoms with Crippen LogP contribution in [0.25, 0.3) is 5.57 Å². The second kappa shape index (κ2) is 5.63. The van der Waals surface area contributed by atoms with Gasteiger partial charge in [-0.15, -0.1) is 0 Å². The number of hydrogen-bond acceptors (Lipinski definition) is 0. The maximum Gasteiger partial charge on any atom is 0.0406 e. The highest BCUT2D eigenvalue weighted by atomic mass is 35.5. The lowest BCUT2D eigenvalue weighted by Crippen LogP contribution is -1.92. The number of rotatable bonds is 2. The molecule has 3 rings (SSSR count). The Kier molecular flexibility index (Phi) is 3.70. The zero-order valence-electron chi connectivity index (χ0n) is 10.6. The zero-order chi connectivity index (χ0) is 13.1. The Labute approximate surface area is 119 Å². The Morgan fingerprint density at radius 1 is 0.737 bits per heavy atom. The Bertz CT molecular complexity index is 571. The van der Waals surface area contributed by atoms with Gasteiger partial charge < -0.3 is 0 Å². The molecule has 0 amide bonds. The van der Waals surface area contributed by atoms with Gasteiger partial charge >= 0.3 is 0 Å². The third kappa shape index (κ3) is 2.74. The third-order valence-electron chi connectivity index (χ3n) is 3.38. The minimum atomic E-state index is 0.778. The van der Waals surface area contributed by atoms with Crippen LogP contribution in [0.1, 0.15) is 24.0 Å². The second-order valence-electron chi connectivity index (χ2n) is 4.69. The van der Waals surface area contributed by atoms with Crippen molar-refractivity contribution in [3.63, 3.8) is 0 Å². The fourth-order valence-electron chi connectivity index (χ4n) is 2.49. The molecule has 0 saturated heterocycles. The average Bonchev–Trinajstić information content (AvgIpc) is 2.96. The monoisotopic (exact) mass is 266 g/mol. The number of allylic oxidation sites excluding steroid dienone is 1. The lowest BCUT2D eigenvalue weighted by Gasteiger charge is -2.12. The van der Waals surface area contributed by atoms with Crippen molar-refractivity contribution in [1.82, 2.24) is 0 Å². The highest BCUT2D eigenvalue weighted by molar-refractivity contribution is 6.30. The van der Waals surface area contributed by atoms with Crippen molar-refractivity contribution >= 4 is 17.2 Å². The van der Waals surface area contributed by atoms with E-state index in [1.165, 1.54) is 22.3 Å². The summed E-state index contributed by atoms with van der Waals surface area (Å²) in [6.07, 6.45) is 6.91. The summed E-state index contributed by atoms with van der Waals surface area (Å²) in [7, 11) is 0. The van der Waals surface area contributed by atoms with Crippen molar-refractivity contribution < 1.29 is 0 Å². The molecule has 0 aromatic heterocycles. The van der Waals surface area contributed by atoms with Gasteiger partial charge in [0, 0.05) is 5.02 Å². The summed E-state index contributed by atoms with van der Waals surface area (Å²) in [5, 5.41) is 0.778. The van der Waals surface area contributed by atoms with E-state index in [-0.39, 0.29) is 0 Å². The molecule has 0 unspecified atom stereocenters. The number of halogens is 1. The van der Waals surface area contributed by atoms with E-state index < -0.39 is 0 Å². The molecule has 1 aliphatic rings. The van der Waals surface area contributed by atoms with Gasteiger partial charge in [0.1, 0.15) is 0 Å². The van der Waals surface area contributed by atoms with Crippen LogP contribution in [0, 0.1) is 12.8 Å². The summed E-state index contributed by atoms with van der Waals surface area (Å²) >= 11 is 5.99. The average molecular weight is 267 g/mol. The smallest absolute Gasteiger partial charge is 0.0406 e. The maximum atomic E-state index is 5.99. The van der Waals surface area contributed by atoms with E-state index in [1.807, 2.05) is 12.1 Å². The summed E-state index contributed by atoms with van der Waals surface area (Å²) in [4.78, 5) is 0. The first-order valence-corrected chi connectivity index (χ1v) is 6.94. The number of benzene rings is 2. The normalized spacial score (nSPS) is 14.7. The molecule has 19 heavy (non-hydrogen) atoms. The first-order chi connectivity index (χ1) is 9.34. The molecule has 0 spiro atoms. The molecule has 1 heteroatoms. The largest absolute Gasteiger partial charge is 0.0843 e. The molecule has 94 valence electrons. The predicted molar refractivity (Wildman–Crippen MR) is 81.8 cm³/mol. The Morgan fingerprint density at radius 2 is 1.32 bits per heavy atom. The molecule has 0 aliphatic heterocycles. The van der Waals surface area contributed by atoms with Gasteiger partial charge in [-0.3, -0.25) is 0 Å². The fourth-order valence-corrected chi connectivity index (χ4v) is 2.61. The second-order valence-corrected chi connectivity index (χ2v) is 5.13. The lowest BCUT2D eigenvalue weighted by atomic mass is 9.92. The first-order valence-electron chi connectivity index (χ1n) is 6.56. The Morgan fingerprint density at radius 3 is 1.95 bits per heavy atom. The van der Waals surface area contributed by atoms with E-state index in [0.29, 0.717) is 0 Å². The van der Waals surface area contributed by atoms with Crippen molar-refractivity contribution in [2.24, 2.45) is 0 Å². The molecule has 0 bridgehead atoms. The zero-order valence-corrected chi connectivity index (χ0v) is 11.4. The van der Waals surface area contributed by atoms with Crippen molar-refractivity contribution in [1.29, 1.82) is 0 Å². The Balaban J connectivity index is 2.12. The number of hydrogen-bond donors (Lipinski definition) is 0. The van der Waals surface area contributed by atoms with Crippen LogP contribution in [0.3, 0.4) is 0 Å². The van der Waals surface area contributed by atoms with Gasteiger partial charge in [-0.25, -0.2) is 0 Å². The van der Waals surface area contributed by atoms with Crippen LogP contribution in [0.5, 0.6) is 0 Å². The first kappa shape index (κ1) is 12.5. The molecule has 0 heterocycles. The predicted octanol–water partition coefficient (Wildman–Crippen LogP) is 5.34. The van der Waals surface area contributed by atoms with Crippen LogP contribution in [-0.4, -0.2) is 0 Å². The summed E-state index contributed by atoms with van der Waals surface area (Å²) in [6.45, 7) is 0. The maximum absolute atomic E-state index is 5.99. The molecule has 1 saturated carbocycles. The van der Waals surface area contributed by atoms with Crippen LogP contribution in [0.15, 0.2) is 60.2 Å². The van der Waals surface area contributed by atoms with Gasteiger partial charge in [-0.2, -0.15) is 0 Å². The molecule has 0 atom stereocenters. The van der Waals surface area contributed by atoms with Crippen LogP contribution in [0.2, 0.25) is 5.02 Å². The molecular formula is C18H15Cl. The van der Waals surface area contributed by atoms with E-state index in [4.69, 9.17) is 11.6 Å². The highest BCUT2D eigenvalue weighted by Crippen LogP contribution is 2.34. The molecule has 1 aliphatic carbocycles. The molecule has 0 nitrogen and oxygen atoms in total. The van der Waals surface area contributed by atoms with Gasteiger partial charge in [0.05, 0.1) is 0 Å². The molecule has 1 fully saturated rings. The van der Waals surface area contributed by atoms with Gasteiger partial charge in [0.2, 0.25) is 0 Å². The van der Waals surface area contributed by atoms with Gasteiger partial charge in [0.15, 0.2) is 0 Å². The molecule has 0 N–H and O–H groups in total. The minimum Gasteiger partial charge on any atom is -0.0843 e. The quantitative estimate of drug-likeness (QED) is 0.688. The van der Waals surface area contributed by atoms with Gasteiger partial charge in [-0.05, 0) is 54.5 Å². The van der Waals surface area contributed by atoms with E-state index >= 15 is 0 Å². The topological polar surface area (TPSA) is 0 Å². The van der Waals surface area contributed by atoms with Gasteiger partial charge in [-0.1, -0.05) is 59.6 Å². The Hall–Kier alpha value is -1.53. The van der Waals surface area contributed by atoms with Crippen LogP contribution in [0.4, 0.5) is 0 Å². The van der Waals surface area contributed by atoms with Gasteiger partial charge in [0.25, 0.3) is 0 Å². The van der Waals surface area contributed by atoms with E-state index in [1.54, 1.807) is 0 Å². The molecule has 2 aromatic carbocycles. The highest BCUT2D eigenvalue weighted by Gasteiger charge is 2.16. The summed E-state index contributed by atoms with van der Waals surface area (Å²) < 4.78 is 0. The van der Waals surface area contributed by atoms with E-state index in [2.05, 4.69) is 55.3 Å².